The number of nitrogens with one attached hydrogen (secondary N) is 1. The predicted octanol–water partition coefficient (Wildman–Crippen LogP) is 5.18. The van der Waals surface area contributed by atoms with Gasteiger partial charge in [0, 0.05) is 37.2 Å². The second-order valence-electron chi connectivity index (χ2n) is 12.0. The van der Waals surface area contributed by atoms with Gasteiger partial charge in [0.25, 0.3) is 5.91 Å². The maximum Gasteiger partial charge on any atom is 0.256 e. The molecule has 1 N–H and O–H groups in total. The van der Waals surface area contributed by atoms with Gasteiger partial charge in [-0.05, 0) is 62.3 Å². The zero-order chi connectivity index (χ0) is 27.4. The Bertz CT molecular complexity index is 1460. The molecule has 3 fully saturated rings. The van der Waals surface area contributed by atoms with Gasteiger partial charge in [-0.15, -0.1) is 0 Å². The molecule has 0 aromatic heterocycles. The third-order valence-corrected chi connectivity index (χ3v) is 9.75. The molecule has 7 heteroatoms. The van der Waals surface area contributed by atoms with E-state index < -0.39 is 21.1 Å². The number of ether oxygens (including phenoxy) is 1. The Kier molecular flexibility index (Phi) is 6.35. The second-order valence-corrected chi connectivity index (χ2v) is 14.1. The van der Waals surface area contributed by atoms with Crippen molar-refractivity contribution < 1.29 is 17.9 Å². The van der Waals surface area contributed by atoms with Crippen LogP contribution in [0.1, 0.15) is 66.1 Å². The summed E-state index contributed by atoms with van der Waals surface area (Å²) in [6.07, 6.45) is 4.79. The number of benzene rings is 3. The average Bonchev–Trinajstić information content (AvgIpc) is 3.23. The quantitative estimate of drug-likeness (QED) is 0.463. The first-order valence-corrected chi connectivity index (χ1v) is 15.7. The minimum atomic E-state index is -3.52. The summed E-state index contributed by atoms with van der Waals surface area (Å²) in [4.78, 5) is 17.0. The molecule has 39 heavy (non-hydrogen) atoms. The van der Waals surface area contributed by atoms with Gasteiger partial charge in [0.2, 0.25) is 0 Å². The zero-order valence-corrected chi connectivity index (χ0v) is 23.6. The first kappa shape index (κ1) is 26.1. The van der Waals surface area contributed by atoms with Crippen LogP contribution in [0.3, 0.4) is 0 Å². The van der Waals surface area contributed by atoms with Crippen LogP contribution in [-0.4, -0.2) is 49.8 Å². The van der Waals surface area contributed by atoms with E-state index in [0.717, 1.165) is 49.0 Å². The van der Waals surface area contributed by atoms with Crippen LogP contribution in [0.2, 0.25) is 0 Å². The Morgan fingerprint density at radius 3 is 2.08 bits per heavy atom. The van der Waals surface area contributed by atoms with Crippen molar-refractivity contribution in [1.29, 1.82) is 0 Å². The molecule has 4 aliphatic rings. The molecule has 0 aliphatic carbocycles. The normalized spacial score (nSPS) is 25.2. The van der Waals surface area contributed by atoms with Gasteiger partial charge in [-0.3, -0.25) is 9.69 Å². The average molecular weight is 545 g/mol. The van der Waals surface area contributed by atoms with Gasteiger partial charge < -0.3 is 10.1 Å². The van der Waals surface area contributed by atoms with Crippen LogP contribution in [0.25, 0.3) is 0 Å². The van der Waals surface area contributed by atoms with Crippen molar-refractivity contribution in [2.45, 2.75) is 61.6 Å². The first-order valence-electron chi connectivity index (χ1n) is 13.8. The lowest BCUT2D eigenvalue weighted by Gasteiger charge is -2.58. The molecule has 0 radical (unpaired) electrons. The van der Waals surface area contributed by atoms with Crippen LogP contribution >= 0.6 is 0 Å². The van der Waals surface area contributed by atoms with E-state index in [0.29, 0.717) is 23.7 Å². The third-order valence-electron chi connectivity index (χ3n) is 8.66. The first-order chi connectivity index (χ1) is 18.6. The highest BCUT2D eigenvalue weighted by Crippen LogP contribution is 2.49. The SMILES string of the molecule is CC1(C)Cc2cc(S(C)(=O)=O)cc(C(=O)NC3(C(c4ccccc4)c4ccccc4)CC4CCN3CC4)c2O1. The Labute approximate surface area is 231 Å². The van der Waals surface area contributed by atoms with Crippen molar-refractivity contribution in [3.05, 3.63) is 95.1 Å². The molecule has 3 aromatic rings. The van der Waals surface area contributed by atoms with Crippen LogP contribution in [0.15, 0.2) is 77.7 Å². The highest BCUT2D eigenvalue weighted by atomic mass is 32.2. The highest BCUT2D eigenvalue weighted by Gasteiger charge is 2.53. The standard InChI is InChI=1S/C32H36N2O4S/c1-31(2)21-25-18-26(39(3,36)37)19-27(29(25)38-31)30(35)33-32(20-22-14-16-34(32)17-15-22)28(23-10-6-4-7-11-23)24-12-8-5-9-13-24/h4-13,18-19,22,28H,14-17,20-21H2,1-3H3,(H,33,35). The molecule has 0 saturated carbocycles. The second kappa shape index (κ2) is 9.49. The number of sulfone groups is 1. The van der Waals surface area contributed by atoms with Gasteiger partial charge in [-0.2, -0.15) is 0 Å². The number of amides is 1. The van der Waals surface area contributed by atoms with Crippen molar-refractivity contribution in [2.75, 3.05) is 19.3 Å². The van der Waals surface area contributed by atoms with E-state index in [-0.39, 0.29) is 16.7 Å². The lowest BCUT2D eigenvalue weighted by Crippen LogP contribution is -2.69. The van der Waals surface area contributed by atoms with Crippen LogP contribution < -0.4 is 10.1 Å². The number of piperidine rings is 3. The largest absolute Gasteiger partial charge is 0.486 e. The lowest BCUT2D eigenvalue weighted by atomic mass is 9.69. The molecule has 3 aromatic carbocycles. The maximum absolute atomic E-state index is 14.4. The van der Waals surface area contributed by atoms with Crippen molar-refractivity contribution in [1.82, 2.24) is 10.2 Å². The molecule has 0 spiro atoms. The van der Waals surface area contributed by atoms with Gasteiger partial charge in [0.1, 0.15) is 17.0 Å². The number of fused-ring (bicyclic) bond motifs is 4. The van der Waals surface area contributed by atoms with E-state index in [4.69, 9.17) is 4.74 Å². The molecule has 1 amide bonds. The van der Waals surface area contributed by atoms with Crippen LogP contribution in [0.4, 0.5) is 0 Å². The number of carbonyl (C=O) groups excluding carboxylic acids is 1. The fourth-order valence-electron chi connectivity index (χ4n) is 6.97. The molecular weight excluding hydrogens is 508 g/mol. The van der Waals surface area contributed by atoms with E-state index in [1.807, 2.05) is 26.0 Å². The lowest BCUT2D eigenvalue weighted by molar-refractivity contribution is -0.0562. The number of nitrogens with zero attached hydrogens (tertiary/aromatic N) is 1. The molecular formula is C32H36N2O4S. The van der Waals surface area contributed by atoms with Crippen LogP contribution in [0.5, 0.6) is 5.75 Å². The summed E-state index contributed by atoms with van der Waals surface area (Å²) in [7, 11) is -3.52. The van der Waals surface area contributed by atoms with Crippen molar-refractivity contribution in [3.63, 3.8) is 0 Å². The van der Waals surface area contributed by atoms with E-state index in [1.165, 1.54) is 12.3 Å². The maximum atomic E-state index is 14.4. The molecule has 4 heterocycles. The Morgan fingerprint density at radius 1 is 0.974 bits per heavy atom. The Balaban J connectivity index is 1.50. The molecule has 204 valence electrons. The smallest absolute Gasteiger partial charge is 0.256 e. The molecule has 7 rings (SSSR count). The number of carbonyl (C=O) groups is 1. The van der Waals surface area contributed by atoms with Gasteiger partial charge in [-0.1, -0.05) is 60.7 Å². The highest BCUT2D eigenvalue weighted by molar-refractivity contribution is 7.90. The zero-order valence-electron chi connectivity index (χ0n) is 22.8. The van der Waals surface area contributed by atoms with Gasteiger partial charge in [0.05, 0.1) is 10.5 Å². The number of hydrogen-bond acceptors (Lipinski definition) is 5. The summed E-state index contributed by atoms with van der Waals surface area (Å²) in [5.41, 5.74) is 2.15. The Hall–Kier alpha value is -3.16. The minimum Gasteiger partial charge on any atom is -0.486 e. The summed E-state index contributed by atoms with van der Waals surface area (Å²) < 4.78 is 31.5. The van der Waals surface area contributed by atoms with Crippen LogP contribution in [0, 0.1) is 5.92 Å². The molecule has 6 nitrogen and oxygen atoms in total. The summed E-state index contributed by atoms with van der Waals surface area (Å²) in [6, 6.07) is 24.0. The van der Waals surface area contributed by atoms with Gasteiger partial charge in [-0.25, -0.2) is 8.42 Å². The minimum absolute atomic E-state index is 0.101. The molecule has 1 unspecified atom stereocenters. The summed E-state index contributed by atoms with van der Waals surface area (Å²) in [5.74, 6) is 0.606. The van der Waals surface area contributed by atoms with E-state index in [2.05, 4.69) is 58.7 Å². The molecule has 3 saturated heterocycles. The van der Waals surface area contributed by atoms with Crippen molar-refractivity contribution in [2.24, 2.45) is 5.92 Å². The molecule has 2 bridgehead atoms. The third kappa shape index (κ3) is 4.76. The van der Waals surface area contributed by atoms with E-state index >= 15 is 0 Å². The topological polar surface area (TPSA) is 75.7 Å². The summed E-state index contributed by atoms with van der Waals surface area (Å²) in [5, 5.41) is 3.53. The monoisotopic (exact) mass is 544 g/mol. The Morgan fingerprint density at radius 2 is 1.56 bits per heavy atom. The van der Waals surface area contributed by atoms with Crippen LogP contribution in [-0.2, 0) is 16.3 Å². The van der Waals surface area contributed by atoms with Crippen molar-refractivity contribution in [3.8, 4) is 5.75 Å². The fourth-order valence-corrected chi connectivity index (χ4v) is 7.66. The number of hydrogen-bond donors (Lipinski definition) is 1. The van der Waals surface area contributed by atoms with E-state index in [9.17, 15) is 13.2 Å². The molecule has 1 atom stereocenters. The van der Waals surface area contributed by atoms with E-state index in [1.54, 1.807) is 6.07 Å². The number of rotatable bonds is 6. The predicted molar refractivity (Wildman–Crippen MR) is 152 cm³/mol. The van der Waals surface area contributed by atoms with Gasteiger partial charge >= 0.3 is 0 Å². The van der Waals surface area contributed by atoms with Crippen molar-refractivity contribution >= 4 is 15.7 Å². The fraction of sp³-hybridized carbons (Fsp3) is 0.406. The summed E-state index contributed by atoms with van der Waals surface area (Å²) >= 11 is 0. The van der Waals surface area contributed by atoms with Gasteiger partial charge in [0.15, 0.2) is 9.84 Å². The summed E-state index contributed by atoms with van der Waals surface area (Å²) in [6.45, 7) is 5.74. The molecule has 4 aliphatic heterocycles.